The quantitative estimate of drug-likeness (QED) is 0.331. The predicted molar refractivity (Wildman–Crippen MR) is 111 cm³/mol. The third-order valence-electron chi connectivity index (χ3n) is 3.75. The number of rotatable bonds is 6. The molecule has 0 unspecified atom stereocenters. The molecular formula is C18H14ClN5O5S. The topological polar surface area (TPSA) is 153 Å². The third-order valence-corrected chi connectivity index (χ3v) is 5.48. The maximum absolute atomic E-state index is 12.3. The summed E-state index contributed by atoms with van der Waals surface area (Å²) in [6, 6.07) is 12.4. The molecule has 1 heterocycles. The van der Waals surface area contributed by atoms with Gasteiger partial charge in [0.05, 0.1) is 6.21 Å². The van der Waals surface area contributed by atoms with Gasteiger partial charge in [0.15, 0.2) is 4.90 Å². The van der Waals surface area contributed by atoms with E-state index in [2.05, 4.69) is 20.2 Å². The number of amides is 1. The molecule has 0 bridgehead atoms. The lowest BCUT2D eigenvalue weighted by molar-refractivity contribution is 0.0955. The van der Waals surface area contributed by atoms with E-state index in [9.17, 15) is 22.8 Å². The van der Waals surface area contributed by atoms with E-state index in [4.69, 9.17) is 11.6 Å². The van der Waals surface area contributed by atoms with E-state index in [1.807, 2.05) is 4.98 Å². The predicted octanol–water partition coefficient (Wildman–Crippen LogP) is 1.28. The summed E-state index contributed by atoms with van der Waals surface area (Å²) < 4.78 is 26.8. The van der Waals surface area contributed by atoms with Crippen LogP contribution in [-0.4, -0.2) is 30.5 Å². The van der Waals surface area contributed by atoms with E-state index in [1.54, 1.807) is 24.3 Å². The zero-order chi connectivity index (χ0) is 21.7. The summed E-state index contributed by atoms with van der Waals surface area (Å²) in [6.07, 6.45) is 2.19. The number of H-pyrrole nitrogens is 2. The van der Waals surface area contributed by atoms with Crippen molar-refractivity contribution in [1.29, 1.82) is 0 Å². The van der Waals surface area contributed by atoms with Crippen LogP contribution in [0.25, 0.3) is 0 Å². The Kier molecular flexibility index (Phi) is 6.14. The van der Waals surface area contributed by atoms with E-state index in [-0.39, 0.29) is 11.3 Å². The van der Waals surface area contributed by atoms with Gasteiger partial charge >= 0.3 is 5.69 Å². The Morgan fingerprint density at radius 1 is 1.07 bits per heavy atom. The van der Waals surface area contributed by atoms with Crippen molar-refractivity contribution in [3.8, 4) is 0 Å². The van der Waals surface area contributed by atoms with Crippen LogP contribution in [0.2, 0.25) is 5.02 Å². The molecule has 1 amide bonds. The molecule has 0 saturated carbocycles. The molecule has 3 rings (SSSR count). The van der Waals surface area contributed by atoms with Gasteiger partial charge in [-0.2, -0.15) is 5.10 Å². The molecule has 0 aliphatic carbocycles. The van der Waals surface area contributed by atoms with E-state index in [0.29, 0.717) is 10.6 Å². The summed E-state index contributed by atoms with van der Waals surface area (Å²) >= 11 is 5.99. The van der Waals surface area contributed by atoms with Crippen LogP contribution >= 0.6 is 11.6 Å². The molecule has 0 atom stereocenters. The number of carbonyl (C=O) groups is 1. The first kappa shape index (κ1) is 21.0. The van der Waals surface area contributed by atoms with Gasteiger partial charge in [-0.1, -0.05) is 29.8 Å². The minimum atomic E-state index is -4.24. The largest absolute Gasteiger partial charge is 0.325 e. The van der Waals surface area contributed by atoms with Crippen molar-refractivity contribution in [1.82, 2.24) is 15.4 Å². The van der Waals surface area contributed by atoms with E-state index in [1.165, 1.54) is 30.5 Å². The Bertz CT molecular complexity index is 1330. The van der Waals surface area contributed by atoms with Gasteiger partial charge in [0.1, 0.15) is 0 Å². The molecule has 0 radical (unpaired) electrons. The van der Waals surface area contributed by atoms with Crippen molar-refractivity contribution in [2.24, 2.45) is 5.10 Å². The number of hydrogen-bond donors (Lipinski definition) is 4. The normalized spacial score (nSPS) is 11.4. The number of nitrogens with zero attached hydrogens (tertiary/aromatic N) is 1. The standard InChI is InChI=1S/C18H14ClN5O5S/c19-14-4-2-1-3-12(14)9-21-23-16(25)11-5-7-13(8-6-11)24-30(28,29)15-10-20-18(27)22-17(15)26/h1-10,24H,(H,23,25)(H2,20,22,26,27)/b21-9+. The molecule has 0 aliphatic heterocycles. The molecule has 3 aromatic rings. The van der Waals surface area contributed by atoms with Crippen molar-refractivity contribution in [3.05, 3.63) is 91.7 Å². The first-order valence-corrected chi connectivity index (χ1v) is 10.2. The van der Waals surface area contributed by atoms with Gasteiger partial charge in [-0.3, -0.25) is 19.3 Å². The van der Waals surface area contributed by atoms with Crippen LogP contribution in [0.5, 0.6) is 0 Å². The molecule has 12 heteroatoms. The maximum atomic E-state index is 12.3. The summed E-state index contributed by atoms with van der Waals surface area (Å²) in [5, 5.41) is 4.31. The molecule has 1 aromatic heterocycles. The molecule has 0 saturated heterocycles. The van der Waals surface area contributed by atoms with E-state index in [0.717, 1.165) is 6.20 Å². The Balaban J connectivity index is 1.68. The molecule has 154 valence electrons. The fourth-order valence-electron chi connectivity index (χ4n) is 2.30. The smallest absolute Gasteiger partial charge is 0.313 e. The van der Waals surface area contributed by atoms with Gasteiger partial charge in [0.2, 0.25) is 0 Å². The summed E-state index contributed by atoms with van der Waals surface area (Å²) in [5.74, 6) is -0.523. The first-order chi connectivity index (χ1) is 14.3. The molecule has 10 nitrogen and oxygen atoms in total. The molecular weight excluding hydrogens is 434 g/mol. The summed E-state index contributed by atoms with van der Waals surface area (Å²) in [4.78, 5) is 38.1. The van der Waals surface area contributed by atoms with Gasteiger partial charge in [0.25, 0.3) is 21.5 Å². The van der Waals surface area contributed by atoms with Crippen LogP contribution in [0.4, 0.5) is 5.69 Å². The van der Waals surface area contributed by atoms with E-state index >= 15 is 0 Å². The SMILES string of the molecule is O=C(N/N=C/c1ccccc1Cl)c1ccc(NS(=O)(=O)c2c[nH]c(=O)[nH]c2=O)cc1. The Morgan fingerprint density at radius 3 is 2.43 bits per heavy atom. The second-order valence-corrected chi connectivity index (χ2v) is 7.90. The highest BCUT2D eigenvalue weighted by Gasteiger charge is 2.19. The van der Waals surface area contributed by atoms with Gasteiger partial charge < -0.3 is 4.98 Å². The van der Waals surface area contributed by atoms with Gasteiger partial charge in [-0.15, -0.1) is 0 Å². The molecule has 4 N–H and O–H groups in total. The van der Waals surface area contributed by atoms with Gasteiger partial charge in [0, 0.05) is 28.0 Å². The highest BCUT2D eigenvalue weighted by molar-refractivity contribution is 7.92. The highest BCUT2D eigenvalue weighted by atomic mass is 35.5. The molecule has 0 spiro atoms. The molecule has 30 heavy (non-hydrogen) atoms. The fraction of sp³-hybridized carbons (Fsp3) is 0. The minimum absolute atomic E-state index is 0.108. The number of carbonyl (C=O) groups excluding carboxylic acids is 1. The zero-order valence-electron chi connectivity index (χ0n) is 15.0. The summed E-state index contributed by atoms with van der Waals surface area (Å²) in [7, 11) is -4.24. The lowest BCUT2D eigenvalue weighted by atomic mass is 10.2. The monoisotopic (exact) mass is 447 g/mol. The van der Waals surface area contributed by atoms with Gasteiger partial charge in [-0.25, -0.2) is 18.6 Å². The van der Waals surface area contributed by atoms with Crippen LogP contribution in [0, 0.1) is 0 Å². The van der Waals surface area contributed by atoms with Gasteiger partial charge in [-0.05, 0) is 30.3 Å². The average Bonchev–Trinajstić information content (AvgIpc) is 2.69. The average molecular weight is 448 g/mol. The lowest BCUT2D eigenvalue weighted by Crippen LogP contribution is -2.29. The Hall–Kier alpha value is -3.70. The number of benzene rings is 2. The van der Waals surface area contributed by atoms with Crippen molar-refractivity contribution in [2.75, 3.05) is 4.72 Å². The fourth-order valence-corrected chi connectivity index (χ4v) is 3.55. The molecule has 0 fully saturated rings. The number of sulfonamides is 1. The second kappa shape index (κ2) is 8.76. The van der Waals surface area contributed by atoms with E-state index < -0.39 is 32.1 Å². The second-order valence-electron chi connectivity index (χ2n) is 5.84. The van der Waals surface area contributed by atoms with Crippen molar-refractivity contribution >= 4 is 39.4 Å². The number of hydrogen-bond acceptors (Lipinski definition) is 6. The van der Waals surface area contributed by atoms with Crippen molar-refractivity contribution < 1.29 is 13.2 Å². The third kappa shape index (κ3) is 5.01. The molecule has 2 aromatic carbocycles. The summed E-state index contributed by atoms with van der Waals surface area (Å²) in [5.41, 5.74) is 1.40. The summed E-state index contributed by atoms with van der Waals surface area (Å²) in [6.45, 7) is 0. The Labute approximate surface area is 174 Å². The minimum Gasteiger partial charge on any atom is -0.313 e. The van der Waals surface area contributed by atoms with Crippen molar-refractivity contribution in [2.45, 2.75) is 4.90 Å². The zero-order valence-corrected chi connectivity index (χ0v) is 16.6. The lowest BCUT2D eigenvalue weighted by Gasteiger charge is -2.07. The number of nitrogens with one attached hydrogen (secondary N) is 4. The number of aromatic nitrogens is 2. The number of hydrazone groups is 1. The van der Waals surface area contributed by atoms with Crippen LogP contribution < -0.4 is 21.4 Å². The van der Waals surface area contributed by atoms with Crippen molar-refractivity contribution in [3.63, 3.8) is 0 Å². The van der Waals surface area contributed by atoms with Crippen LogP contribution in [0.15, 0.2) is 74.3 Å². The van der Waals surface area contributed by atoms with Crippen LogP contribution in [0.1, 0.15) is 15.9 Å². The molecule has 0 aliphatic rings. The number of halogens is 1. The highest BCUT2D eigenvalue weighted by Crippen LogP contribution is 2.14. The van der Waals surface area contributed by atoms with Crippen LogP contribution in [-0.2, 0) is 10.0 Å². The first-order valence-electron chi connectivity index (χ1n) is 8.29. The number of anilines is 1. The van der Waals surface area contributed by atoms with Crippen LogP contribution in [0.3, 0.4) is 0 Å². The Morgan fingerprint density at radius 2 is 1.77 bits per heavy atom. The maximum Gasteiger partial charge on any atom is 0.325 e. The number of aromatic amines is 2.